The van der Waals surface area contributed by atoms with Crippen LogP contribution in [0.25, 0.3) is 0 Å². The molecule has 0 heterocycles. The number of benzene rings is 2. The van der Waals surface area contributed by atoms with Gasteiger partial charge in [-0.2, -0.15) is 0 Å². The molecule has 6 nitrogen and oxygen atoms in total. The van der Waals surface area contributed by atoms with Gasteiger partial charge < -0.3 is 24.8 Å². The number of carbonyl (C=O) groups excluding carboxylic acids is 1. The SMILES string of the molecule is COCC(O)CN(C)C(=O)Nc1ccccc1Oc1ccccc1. The lowest BCUT2D eigenvalue weighted by atomic mass is 10.3. The van der Waals surface area contributed by atoms with Gasteiger partial charge in [0.1, 0.15) is 5.75 Å². The molecule has 1 atom stereocenters. The summed E-state index contributed by atoms with van der Waals surface area (Å²) in [5.41, 5.74) is 0.555. The molecule has 2 rings (SSSR count). The lowest BCUT2D eigenvalue weighted by Crippen LogP contribution is -2.38. The Morgan fingerprint density at radius 3 is 2.54 bits per heavy atom. The molecule has 0 aliphatic heterocycles. The zero-order chi connectivity index (χ0) is 17.4. The molecule has 0 spiro atoms. The molecule has 0 aliphatic carbocycles. The van der Waals surface area contributed by atoms with Gasteiger partial charge in [-0.05, 0) is 24.3 Å². The average molecular weight is 330 g/mol. The van der Waals surface area contributed by atoms with E-state index in [9.17, 15) is 9.90 Å². The molecule has 0 aromatic heterocycles. The van der Waals surface area contributed by atoms with E-state index >= 15 is 0 Å². The van der Waals surface area contributed by atoms with E-state index in [1.807, 2.05) is 42.5 Å². The summed E-state index contributed by atoms with van der Waals surface area (Å²) in [6.07, 6.45) is -0.735. The lowest BCUT2D eigenvalue weighted by Gasteiger charge is -2.21. The predicted octanol–water partition coefficient (Wildman–Crippen LogP) is 2.95. The molecule has 0 saturated carbocycles. The Balaban J connectivity index is 2.03. The Morgan fingerprint density at radius 2 is 1.83 bits per heavy atom. The van der Waals surface area contributed by atoms with Crippen molar-refractivity contribution in [1.29, 1.82) is 0 Å². The van der Waals surface area contributed by atoms with Gasteiger partial charge in [0.15, 0.2) is 5.75 Å². The van der Waals surface area contributed by atoms with E-state index in [-0.39, 0.29) is 19.2 Å². The third-order valence-corrected chi connectivity index (χ3v) is 3.29. The number of hydrogen-bond donors (Lipinski definition) is 2. The van der Waals surface area contributed by atoms with Crippen molar-refractivity contribution < 1.29 is 19.4 Å². The molecule has 2 aromatic carbocycles. The maximum atomic E-state index is 12.3. The van der Waals surface area contributed by atoms with Crippen LogP contribution in [-0.2, 0) is 4.74 Å². The number of ether oxygens (including phenoxy) is 2. The predicted molar refractivity (Wildman–Crippen MR) is 92.5 cm³/mol. The average Bonchev–Trinajstić information content (AvgIpc) is 2.57. The first-order valence-electron chi connectivity index (χ1n) is 7.61. The maximum absolute atomic E-state index is 12.3. The first kappa shape index (κ1) is 17.8. The maximum Gasteiger partial charge on any atom is 0.321 e. The van der Waals surface area contributed by atoms with Gasteiger partial charge >= 0.3 is 6.03 Å². The minimum Gasteiger partial charge on any atom is -0.455 e. The Hall–Kier alpha value is -2.57. The normalized spacial score (nSPS) is 11.6. The van der Waals surface area contributed by atoms with Crippen LogP contribution in [0, 0.1) is 0 Å². The van der Waals surface area contributed by atoms with Crippen LogP contribution in [0.5, 0.6) is 11.5 Å². The van der Waals surface area contributed by atoms with E-state index in [2.05, 4.69) is 5.32 Å². The summed E-state index contributed by atoms with van der Waals surface area (Å²) < 4.78 is 10.7. The highest BCUT2D eigenvalue weighted by molar-refractivity contribution is 5.90. The third kappa shape index (κ3) is 5.26. The number of para-hydroxylation sites is 3. The molecule has 0 bridgehead atoms. The quantitative estimate of drug-likeness (QED) is 0.819. The number of amides is 2. The van der Waals surface area contributed by atoms with Gasteiger partial charge in [0.2, 0.25) is 0 Å². The number of rotatable bonds is 7. The summed E-state index contributed by atoms with van der Waals surface area (Å²) >= 11 is 0. The van der Waals surface area contributed by atoms with E-state index < -0.39 is 6.10 Å². The Kier molecular flexibility index (Phi) is 6.60. The summed E-state index contributed by atoms with van der Waals surface area (Å²) in [5, 5.41) is 12.5. The standard InChI is InChI=1S/C18H22N2O4/c1-20(12-14(21)13-23-2)18(22)19-16-10-6-7-11-17(16)24-15-8-4-3-5-9-15/h3-11,14,21H,12-13H2,1-2H3,(H,19,22). The second kappa shape index (κ2) is 8.90. The van der Waals surface area contributed by atoms with E-state index in [1.165, 1.54) is 12.0 Å². The molecule has 0 radical (unpaired) electrons. The highest BCUT2D eigenvalue weighted by Crippen LogP contribution is 2.29. The highest BCUT2D eigenvalue weighted by Gasteiger charge is 2.15. The molecule has 6 heteroatoms. The van der Waals surface area contributed by atoms with Crippen molar-refractivity contribution in [3.05, 3.63) is 54.6 Å². The van der Waals surface area contributed by atoms with Crippen molar-refractivity contribution >= 4 is 11.7 Å². The number of methoxy groups -OCH3 is 1. The van der Waals surface area contributed by atoms with Gasteiger partial charge in [0, 0.05) is 14.2 Å². The summed E-state index contributed by atoms with van der Waals surface area (Å²) in [6, 6.07) is 16.2. The van der Waals surface area contributed by atoms with E-state index in [4.69, 9.17) is 9.47 Å². The number of anilines is 1. The molecular formula is C18H22N2O4. The Labute approximate surface area is 141 Å². The number of hydrogen-bond acceptors (Lipinski definition) is 4. The van der Waals surface area contributed by atoms with Crippen LogP contribution in [0.15, 0.2) is 54.6 Å². The fourth-order valence-electron chi connectivity index (χ4n) is 2.13. The Bertz CT molecular complexity index is 648. The molecule has 24 heavy (non-hydrogen) atoms. The zero-order valence-electron chi connectivity index (χ0n) is 13.8. The molecule has 128 valence electrons. The van der Waals surface area contributed by atoms with Gasteiger partial charge in [-0.3, -0.25) is 0 Å². The van der Waals surface area contributed by atoms with Crippen molar-refractivity contribution in [2.75, 3.05) is 32.6 Å². The number of nitrogens with one attached hydrogen (secondary N) is 1. The highest BCUT2D eigenvalue weighted by atomic mass is 16.5. The van der Waals surface area contributed by atoms with Gasteiger partial charge in [0.25, 0.3) is 0 Å². The molecule has 1 unspecified atom stereocenters. The molecule has 0 fully saturated rings. The molecule has 2 aromatic rings. The van der Waals surface area contributed by atoms with Crippen molar-refractivity contribution in [3.63, 3.8) is 0 Å². The van der Waals surface area contributed by atoms with Crippen LogP contribution in [0.2, 0.25) is 0 Å². The topological polar surface area (TPSA) is 71.0 Å². The molecule has 0 saturated heterocycles. The first-order valence-corrected chi connectivity index (χ1v) is 7.61. The summed E-state index contributed by atoms with van der Waals surface area (Å²) in [6.45, 7) is 0.340. The number of carbonyl (C=O) groups is 1. The van der Waals surface area contributed by atoms with Gasteiger partial charge in [-0.1, -0.05) is 30.3 Å². The number of aliphatic hydroxyl groups is 1. The molecule has 0 aliphatic rings. The van der Waals surface area contributed by atoms with Crippen LogP contribution in [-0.4, -0.2) is 49.5 Å². The first-order chi connectivity index (χ1) is 11.6. The van der Waals surface area contributed by atoms with Crippen molar-refractivity contribution in [2.24, 2.45) is 0 Å². The summed E-state index contributed by atoms with van der Waals surface area (Å²) in [4.78, 5) is 13.7. The number of nitrogens with zero attached hydrogens (tertiary/aromatic N) is 1. The van der Waals surface area contributed by atoms with E-state index in [0.717, 1.165) is 0 Å². The monoisotopic (exact) mass is 330 g/mol. The lowest BCUT2D eigenvalue weighted by molar-refractivity contribution is 0.0501. The number of urea groups is 1. The smallest absolute Gasteiger partial charge is 0.321 e. The minimum absolute atomic E-state index is 0.168. The van der Waals surface area contributed by atoms with Gasteiger partial charge in [-0.25, -0.2) is 4.79 Å². The van der Waals surface area contributed by atoms with E-state index in [1.54, 1.807) is 19.2 Å². The van der Waals surface area contributed by atoms with Crippen LogP contribution in [0.1, 0.15) is 0 Å². The summed E-state index contributed by atoms with van der Waals surface area (Å²) in [7, 11) is 3.11. The van der Waals surface area contributed by atoms with Gasteiger partial charge in [-0.15, -0.1) is 0 Å². The molecule has 2 N–H and O–H groups in total. The largest absolute Gasteiger partial charge is 0.455 e. The second-order valence-electron chi connectivity index (χ2n) is 5.33. The third-order valence-electron chi connectivity index (χ3n) is 3.29. The second-order valence-corrected chi connectivity index (χ2v) is 5.33. The van der Waals surface area contributed by atoms with Crippen LogP contribution in [0.3, 0.4) is 0 Å². The number of aliphatic hydroxyl groups excluding tert-OH is 1. The molecular weight excluding hydrogens is 308 g/mol. The van der Waals surface area contributed by atoms with Crippen LogP contribution in [0.4, 0.5) is 10.5 Å². The van der Waals surface area contributed by atoms with E-state index in [0.29, 0.717) is 17.2 Å². The minimum atomic E-state index is -0.735. The zero-order valence-corrected chi connectivity index (χ0v) is 13.8. The fourth-order valence-corrected chi connectivity index (χ4v) is 2.13. The van der Waals surface area contributed by atoms with Crippen molar-refractivity contribution in [1.82, 2.24) is 4.90 Å². The van der Waals surface area contributed by atoms with Crippen LogP contribution >= 0.6 is 0 Å². The van der Waals surface area contributed by atoms with Crippen molar-refractivity contribution in [3.8, 4) is 11.5 Å². The van der Waals surface area contributed by atoms with Gasteiger partial charge in [0.05, 0.1) is 24.9 Å². The fraction of sp³-hybridized carbons (Fsp3) is 0.278. The van der Waals surface area contributed by atoms with Crippen molar-refractivity contribution in [2.45, 2.75) is 6.10 Å². The Morgan fingerprint density at radius 1 is 1.17 bits per heavy atom. The molecule has 2 amide bonds. The number of likely N-dealkylation sites (N-methyl/N-ethyl adjacent to an activating group) is 1. The summed E-state index contributed by atoms with van der Waals surface area (Å²) in [5.74, 6) is 1.23. The van der Waals surface area contributed by atoms with Crippen LogP contribution < -0.4 is 10.1 Å².